The number of rotatable bonds is 2. The van der Waals surface area contributed by atoms with Gasteiger partial charge in [0.1, 0.15) is 5.75 Å². The first kappa shape index (κ1) is 12.7. The molecule has 0 radical (unpaired) electrons. The molecule has 3 heteroatoms. The quantitative estimate of drug-likeness (QED) is 0.902. The van der Waals surface area contributed by atoms with Crippen LogP contribution in [0.4, 0.5) is 0 Å². The Morgan fingerprint density at radius 3 is 2.45 bits per heavy atom. The molecule has 0 bridgehead atoms. The third-order valence-corrected chi connectivity index (χ3v) is 3.54. The molecule has 1 N–H and O–H groups in total. The Bertz CT molecular complexity index is 632. The monoisotopic (exact) mass is 267 g/mol. The standard InChI is InChI=1S/C17H17NO2/c1-11(2)12-7-9-13(10-8-12)17-18-16(19)14-5-3-4-6-15(14)20-17/h3-11,17H,1-2H3,(H,18,19)/t17-/m0/s1. The van der Waals surface area contributed by atoms with Gasteiger partial charge in [-0.2, -0.15) is 0 Å². The first-order chi connectivity index (χ1) is 9.65. The van der Waals surface area contributed by atoms with Gasteiger partial charge in [0, 0.05) is 5.56 Å². The van der Waals surface area contributed by atoms with E-state index in [1.165, 1.54) is 5.56 Å². The smallest absolute Gasteiger partial charge is 0.258 e. The molecule has 1 aliphatic heterocycles. The topological polar surface area (TPSA) is 38.3 Å². The molecule has 3 nitrogen and oxygen atoms in total. The zero-order valence-electron chi connectivity index (χ0n) is 11.6. The van der Waals surface area contributed by atoms with Crippen molar-refractivity contribution < 1.29 is 9.53 Å². The summed E-state index contributed by atoms with van der Waals surface area (Å²) in [6.07, 6.45) is -0.418. The summed E-state index contributed by atoms with van der Waals surface area (Å²) in [7, 11) is 0. The van der Waals surface area contributed by atoms with E-state index in [1.807, 2.05) is 30.3 Å². The second kappa shape index (κ2) is 5.00. The van der Waals surface area contributed by atoms with Crippen LogP contribution in [0.2, 0.25) is 0 Å². The Hall–Kier alpha value is -2.29. The Balaban J connectivity index is 1.88. The van der Waals surface area contributed by atoms with Crippen LogP contribution in [0.15, 0.2) is 48.5 Å². The van der Waals surface area contributed by atoms with Crippen LogP contribution in [0.25, 0.3) is 0 Å². The van der Waals surface area contributed by atoms with Gasteiger partial charge in [-0.25, -0.2) is 0 Å². The van der Waals surface area contributed by atoms with E-state index in [9.17, 15) is 4.79 Å². The molecule has 0 fully saturated rings. The SMILES string of the molecule is CC(C)c1ccc([C@H]2NC(=O)c3ccccc3O2)cc1. The van der Waals surface area contributed by atoms with Crippen LogP contribution in [0.1, 0.15) is 47.5 Å². The van der Waals surface area contributed by atoms with E-state index in [-0.39, 0.29) is 5.91 Å². The lowest BCUT2D eigenvalue weighted by molar-refractivity contribution is 0.0756. The minimum absolute atomic E-state index is 0.0928. The van der Waals surface area contributed by atoms with E-state index in [2.05, 4.69) is 31.3 Å². The molecule has 0 aliphatic carbocycles. The first-order valence-corrected chi connectivity index (χ1v) is 6.81. The minimum atomic E-state index is -0.418. The number of carbonyl (C=O) groups is 1. The Morgan fingerprint density at radius 2 is 1.75 bits per heavy atom. The van der Waals surface area contributed by atoms with Gasteiger partial charge in [0.25, 0.3) is 5.91 Å². The van der Waals surface area contributed by atoms with Crippen molar-refractivity contribution in [3.63, 3.8) is 0 Å². The molecule has 1 aliphatic rings. The number of hydrogen-bond donors (Lipinski definition) is 1. The number of para-hydroxylation sites is 1. The highest BCUT2D eigenvalue weighted by Gasteiger charge is 2.25. The van der Waals surface area contributed by atoms with Crippen molar-refractivity contribution in [2.24, 2.45) is 0 Å². The van der Waals surface area contributed by atoms with Gasteiger partial charge in [0.15, 0.2) is 6.23 Å². The van der Waals surface area contributed by atoms with Crippen molar-refractivity contribution in [1.82, 2.24) is 5.32 Å². The summed E-state index contributed by atoms with van der Waals surface area (Å²) >= 11 is 0. The van der Waals surface area contributed by atoms with E-state index in [1.54, 1.807) is 6.07 Å². The Labute approximate surface area is 118 Å². The van der Waals surface area contributed by atoms with Crippen LogP contribution in [-0.2, 0) is 0 Å². The first-order valence-electron chi connectivity index (χ1n) is 6.81. The van der Waals surface area contributed by atoms with Gasteiger partial charge in [-0.3, -0.25) is 4.79 Å². The molecular weight excluding hydrogens is 250 g/mol. The lowest BCUT2D eigenvalue weighted by Gasteiger charge is -2.27. The van der Waals surface area contributed by atoms with Crippen LogP contribution < -0.4 is 10.1 Å². The van der Waals surface area contributed by atoms with E-state index < -0.39 is 6.23 Å². The molecule has 0 aromatic heterocycles. The number of benzene rings is 2. The fourth-order valence-electron chi connectivity index (χ4n) is 2.32. The zero-order chi connectivity index (χ0) is 14.1. The van der Waals surface area contributed by atoms with E-state index in [0.29, 0.717) is 17.2 Å². The van der Waals surface area contributed by atoms with Crippen molar-refractivity contribution in [1.29, 1.82) is 0 Å². The van der Waals surface area contributed by atoms with E-state index in [0.717, 1.165) is 5.56 Å². The molecule has 1 atom stereocenters. The highest BCUT2D eigenvalue weighted by Crippen LogP contribution is 2.29. The number of ether oxygens (including phenoxy) is 1. The summed E-state index contributed by atoms with van der Waals surface area (Å²) in [6.45, 7) is 4.31. The summed E-state index contributed by atoms with van der Waals surface area (Å²) in [5.74, 6) is 1.03. The zero-order valence-corrected chi connectivity index (χ0v) is 11.6. The number of hydrogen-bond acceptors (Lipinski definition) is 2. The van der Waals surface area contributed by atoms with Gasteiger partial charge in [-0.1, -0.05) is 50.2 Å². The van der Waals surface area contributed by atoms with Crippen molar-refractivity contribution >= 4 is 5.91 Å². The summed E-state index contributed by atoms with van der Waals surface area (Å²) in [6, 6.07) is 15.5. The van der Waals surface area contributed by atoms with Crippen LogP contribution in [0.3, 0.4) is 0 Å². The maximum Gasteiger partial charge on any atom is 0.258 e. The fourth-order valence-corrected chi connectivity index (χ4v) is 2.32. The predicted octanol–water partition coefficient (Wildman–Crippen LogP) is 3.63. The highest BCUT2D eigenvalue weighted by atomic mass is 16.5. The number of amides is 1. The third-order valence-electron chi connectivity index (χ3n) is 3.54. The van der Waals surface area contributed by atoms with Crippen molar-refractivity contribution in [2.75, 3.05) is 0 Å². The van der Waals surface area contributed by atoms with E-state index >= 15 is 0 Å². The van der Waals surface area contributed by atoms with Crippen molar-refractivity contribution in [3.8, 4) is 5.75 Å². The molecule has 0 unspecified atom stereocenters. The largest absolute Gasteiger partial charge is 0.466 e. The molecule has 0 spiro atoms. The average Bonchev–Trinajstić information content (AvgIpc) is 2.47. The lowest BCUT2D eigenvalue weighted by Crippen LogP contribution is -2.36. The second-order valence-corrected chi connectivity index (χ2v) is 5.29. The molecule has 2 aromatic carbocycles. The Kier molecular flexibility index (Phi) is 3.18. The van der Waals surface area contributed by atoms with Crippen LogP contribution >= 0.6 is 0 Å². The van der Waals surface area contributed by atoms with Crippen LogP contribution in [0, 0.1) is 0 Å². The molecule has 0 saturated heterocycles. The van der Waals surface area contributed by atoms with Gasteiger partial charge in [-0.15, -0.1) is 0 Å². The minimum Gasteiger partial charge on any atom is -0.466 e. The molecule has 1 amide bonds. The van der Waals surface area contributed by atoms with E-state index in [4.69, 9.17) is 4.74 Å². The molecule has 3 rings (SSSR count). The molecule has 2 aromatic rings. The van der Waals surface area contributed by atoms with Gasteiger partial charge in [0.05, 0.1) is 5.56 Å². The fraction of sp³-hybridized carbons (Fsp3) is 0.235. The van der Waals surface area contributed by atoms with Gasteiger partial charge >= 0.3 is 0 Å². The molecule has 20 heavy (non-hydrogen) atoms. The summed E-state index contributed by atoms with van der Waals surface area (Å²) in [4.78, 5) is 12.1. The van der Waals surface area contributed by atoms with Crippen molar-refractivity contribution in [3.05, 3.63) is 65.2 Å². The molecule has 0 saturated carbocycles. The molecule has 1 heterocycles. The average molecular weight is 267 g/mol. The summed E-state index contributed by atoms with van der Waals surface area (Å²) < 4.78 is 5.86. The second-order valence-electron chi connectivity index (χ2n) is 5.29. The predicted molar refractivity (Wildman–Crippen MR) is 77.8 cm³/mol. The maximum absolute atomic E-state index is 12.1. The van der Waals surface area contributed by atoms with Crippen molar-refractivity contribution in [2.45, 2.75) is 26.0 Å². The number of carbonyl (C=O) groups excluding carboxylic acids is 1. The van der Waals surface area contributed by atoms with Gasteiger partial charge in [0.2, 0.25) is 0 Å². The Morgan fingerprint density at radius 1 is 1.05 bits per heavy atom. The van der Waals surface area contributed by atoms with Gasteiger partial charge < -0.3 is 10.1 Å². The summed E-state index contributed by atoms with van der Waals surface area (Å²) in [5, 5.41) is 2.88. The maximum atomic E-state index is 12.1. The third kappa shape index (κ3) is 2.27. The van der Waals surface area contributed by atoms with Gasteiger partial charge in [-0.05, 0) is 23.6 Å². The molecular formula is C17H17NO2. The number of fused-ring (bicyclic) bond motifs is 1. The van der Waals surface area contributed by atoms with Crippen LogP contribution in [0.5, 0.6) is 5.75 Å². The normalized spacial score (nSPS) is 17.4. The molecule has 102 valence electrons. The number of nitrogens with one attached hydrogen (secondary N) is 1. The summed E-state index contributed by atoms with van der Waals surface area (Å²) in [5.41, 5.74) is 2.82. The van der Waals surface area contributed by atoms with Crippen LogP contribution in [-0.4, -0.2) is 5.91 Å². The lowest BCUT2D eigenvalue weighted by atomic mass is 10.0. The highest BCUT2D eigenvalue weighted by molar-refractivity contribution is 5.97.